The van der Waals surface area contributed by atoms with Crippen molar-refractivity contribution in [1.82, 2.24) is 19.5 Å². The van der Waals surface area contributed by atoms with Crippen LogP contribution in [0.25, 0.3) is 16.8 Å². The van der Waals surface area contributed by atoms with Gasteiger partial charge in [0, 0.05) is 41.9 Å². The first kappa shape index (κ1) is 19.6. The van der Waals surface area contributed by atoms with Gasteiger partial charge in [0.25, 0.3) is 0 Å². The lowest BCUT2D eigenvalue weighted by Crippen LogP contribution is -2.34. The second kappa shape index (κ2) is 8.43. The molecular formula is C24H26N4O3. The van der Waals surface area contributed by atoms with E-state index in [0.29, 0.717) is 17.4 Å². The van der Waals surface area contributed by atoms with Crippen molar-refractivity contribution in [3.05, 3.63) is 66.5 Å². The average Bonchev–Trinajstić information content (AvgIpc) is 3.47. The summed E-state index contributed by atoms with van der Waals surface area (Å²) in [6.45, 7) is 2.95. The molecule has 7 heteroatoms. The van der Waals surface area contributed by atoms with Gasteiger partial charge in [-0.2, -0.15) is 5.10 Å². The van der Waals surface area contributed by atoms with E-state index in [9.17, 15) is 0 Å². The fourth-order valence-electron chi connectivity index (χ4n) is 4.40. The quantitative estimate of drug-likeness (QED) is 0.463. The molecule has 4 aromatic rings. The maximum Gasteiger partial charge on any atom is 0.168 e. The highest BCUT2D eigenvalue weighted by Crippen LogP contribution is 2.37. The first-order valence-electron chi connectivity index (χ1n) is 10.6. The predicted molar refractivity (Wildman–Crippen MR) is 117 cm³/mol. The topological polar surface area (TPSA) is 65.0 Å². The lowest BCUT2D eigenvalue weighted by atomic mass is 9.97. The van der Waals surface area contributed by atoms with Crippen LogP contribution in [-0.4, -0.2) is 46.8 Å². The number of rotatable bonds is 6. The molecule has 4 heterocycles. The first-order valence-corrected chi connectivity index (χ1v) is 10.6. The molecule has 0 N–H and O–H groups in total. The molecule has 1 atom stereocenters. The average molecular weight is 418 g/mol. The zero-order valence-electron chi connectivity index (χ0n) is 17.8. The number of hydrogen-bond acceptors (Lipinski definition) is 6. The molecule has 1 aromatic carbocycles. The number of nitrogens with zero attached hydrogens (tertiary/aromatic N) is 4. The van der Waals surface area contributed by atoms with E-state index >= 15 is 0 Å². The number of hydrogen-bond donors (Lipinski definition) is 0. The zero-order valence-corrected chi connectivity index (χ0v) is 17.8. The molecule has 0 aliphatic carbocycles. The molecule has 7 nitrogen and oxygen atoms in total. The van der Waals surface area contributed by atoms with Gasteiger partial charge in [-0.05, 0) is 43.7 Å². The number of likely N-dealkylation sites (tertiary alicyclic amines) is 1. The van der Waals surface area contributed by atoms with Crippen molar-refractivity contribution in [2.24, 2.45) is 0 Å². The normalized spacial score (nSPS) is 17.2. The lowest BCUT2D eigenvalue weighted by molar-refractivity contribution is 0.196. The SMILES string of the molecule is COc1cccc(-c2ccc3nc([C@@H]4CCCN(Cc5ccoc5)C4)nn3c2)c1OC. The molecular weight excluding hydrogens is 392 g/mol. The number of benzene rings is 1. The molecule has 1 aliphatic rings. The van der Waals surface area contributed by atoms with Crippen molar-refractivity contribution in [2.75, 3.05) is 27.3 Å². The highest BCUT2D eigenvalue weighted by atomic mass is 16.5. The van der Waals surface area contributed by atoms with E-state index in [1.807, 2.05) is 47.3 Å². The third kappa shape index (κ3) is 3.88. The third-order valence-electron chi connectivity index (χ3n) is 5.92. The summed E-state index contributed by atoms with van der Waals surface area (Å²) >= 11 is 0. The van der Waals surface area contributed by atoms with E-state index in [1.54, 1.807) is 20.5 Å². The van der Waals surface area contributed by atoms with Gasteiger partial charge in [-0.15, -0.1) is 0 Å². The summed E-state index contributed by atoms with van der Waals surface area (Å²) in [7, 11) is 3.31. The van der Waals surface area contributed by atoms with Crippen LogP contribution in [0, 0.1) is 0 Å². The first-order chi connectivity index (χ1) is 15.2. The van der Waals surface area contributed by atoms with E-state index in [4.69, 9.17) is 24.0 Å². The fraction of sp³-hybridized carbons (Fsp3) is 0.333. The summed E-state index contributed by atoms with van der Waals surface area (Å²) in [6, 6.07) is 12.0. The number of pyridine rings is 1. The Hall–Kier alpha value is -3.32. The van der Waals surface area contributed by atoms with E-state index in [1.165, 1.54) is 5.56 Å². The summed E-state index contributed by atoms with van der Waals surface area (Å²) in [4.78, 5) is 7.29. The van der Waals surface area contributed by atoms with Crippen LogP contribution in [0.1, 0.15) is 30.1 Å². The molecule has 3 aromatic heterocycles. The van der Waals surface area contributed by atoms with Crippen molar-refractivity contribution in [2.45, 2.75) is 25.3 Å². The Morgan fingerprint density at radius 3 is 2.87 bits per heavy atom. The number of aromatic nitrogens is 3. The molecule has 0 saturated carbocycles. The Morgan fingerprint density at radius 2 is 2.06 bits per heavy atom. The minimum atomic E-state index is 0.329. The number of furan rings is 1. The Kier molecular flexibility index (Phi) is 5.34. The van der Waals surface area contributed by atoms with Gasteiger partial charge in [-0.3, -0.25) is 4.90 Å². The smallest absolute Gasteiger partial charge is 0.168 e. The molecule has 1 saturated heterocycles. The van der Waals surface area contributed by atoms with Gasteiger partial charge in [0.1, 0.15) is 0 Å². The molecule has 0 amide bonds. The summed E-state index contributed by atoms with van der Waals surface area (Å²) in [5.74, 6) is 2.66. The van der Waals surface area contributed by atoms with Crippen LogP contribution < -0.4 is 9.47 Å². The molecule has 0 unspecified atom stereocenters. The van der Waals surface area contributed by atoms with Crippen LogP contribution >= 0.6 is 0 Å². The lowest BCUT2D eigenvalue weighted by Gasteiger charge is -2.30. The van der Waals surface area contributed by atoms with E-state index in [0.717, 1.165) is 55.1 Å². The standard InChI is InChI=1S/C24H26N4O3/c1-29-21-7-3-6-20(23(21)30-2)18-8-9-22-25-24(26-28(22)15-18)19-5-4-11-27(14-19)13-17-10-12-31-16-17/h3,6-10,12,15-16,19H,4-5,11,13-14H2,1-2H3/t19-/m1/s1. The van der Waals surface area contributed by atoms with Crippen molar-refractivity contribution in [3.8, 4) is 22.6 Å². The van der Waals surface area contributed by atoms with Crippen molar-refractivity contribution >= 4 is 5.65 Å². The van der Waals surface area contributed by atoms with E-state index in [-0.39, 0.29) is 0 Å². The zero-order chi connectivity index (χ0) is 21.2. The molecule has 31 heavy (non-hydrogen) atoms. The number of methoxy groups -OCH3 is 2. The second-order valence-corrected chi connectivity index (χ2v) is 7.94. The van der Waals surface area contributed by atoms with Crippen LogP contribution in [0.4, 0.5) is 0 Å². The van der Waals surface area contributed by atoms with Crippen LogP contribution in [-0.2, 0) is 6.54 Å². The van der Waals surface area contributed by atoms with E-state index in [2.05, 4.69) is 11.0 Å². The largest absolute Gasteiger partial charge is 0.493 e. The fourth-order valence-corrected chi connectivity index (χ4v) is 4.40. The monoisotopic (exact) mass is 418 g/mol. The molecule has 0 bridgehead atoms. The van der Waals surface area contributed by atoms with Gasteiger partial charge in [-0.1, -0.05) is 12.1 Å². The van der Waals surface area contributed by atoms with Gasteiger partial charge in [0.2, 0.25) is 0 Å². The van der Waals surface area contributed by atoms with Gasteiger partial charge in [-0.25, -0.2) is 9.50 Å². The molecule has 160 valence electrons. The van der Waals surface area contributed by atoms with Crippen molar-refractivity contribution in [1.29, 1.82) is 0 Å². The highest BCUT2D eigenvalue weighted by molar-refractivity contribution is 5.74. The maximum atomic E-state index is 5.61. The van der Waals surface area contributed by atoms with Gasteiger partial charge in [0.15, 0.2) is 23.0 Å². The third-order valence-corrected chi connectivity index (χ3v) is 5.92. The molecule has 0 spiro atoms. The van der Waals surface area contributed by atoms with Gasteiger partial charge < -0.3 is 13.9 Å². The Morgan fingerprint density at radius 1 is 1.13 bits per heavy atom. The number of fused-ring (bicyclic) bond motifs is 1. The van der Waals surface area contributed by atoms with Crippen LogP contribution in [0.3, 0.4) is 0 Å². The van der Waals surface area contributed by atoms with Gasteiger partial charge >= 0.3 is 0 Å². The van der Waals surface area contributed by atoms with Crippen LogP contribution in [0.2, 0.25) is 0 Å². The second-order valence-electron chi connectivity index (χ2n) is 7.94. The molecule has 0 radical (unpaired) electrons. The minimum absolute atomic E-state index is 0.329. The number of para-hydroxylation sites is 1. The molecule has 5 rings (SSSR count). The van der Waals surface area contributed by atoms with Crippen molar-refractivity contribution in [3.63, 3.8) is 0 Å². The number of piperidine rings is 1. The number of ether oxygens (including phenoxy) is 2. The van der Waals surface area contributed by atoms with Gasteiger partial charge in [0.05, 0.1) is 26.7 Å². The molecule has 1 fully saturated rings. The summed E-state index contributed by atoms with van der Waals surface area (Å²) in [5.41, 5.74) is 4.03. The molecule has 1 aliphatic heterocycles. The minimum Gasteiger partial charge on any atom is -0.493 e. The Balaban J connectivity index is 1.41. The predicted octanol–water partition coefficient (Wildman–Crippen LogP) is 4.39. The highest BCUT2D eigenvalue weighted by Gasteiger charge is 2.25. The van der Waals surface area contributed by atoms with E-state index < -0.39 is 0 Å². The van der Waals surface area contributed by atoms with Crippen LogP contribution in [0.5, 0.6) is 11.5 Å². The van der Waals surface area contributed by atoms with Crippen molar-refractivity contribution < 1.29 is 13.9 Å². The Bertz CT molecular complexity index is 1170. The summed E-state index contributed by atoms with van der Waals surface area (Å²) in [5, 5.41) is 4.84. The summed E-state index contributed by atoms with van der Waals surface area (Å²) in [6.07, 6.45) is 7.81. The summed E-state index contributed by atoms with van der Waals surface area (Å²) < 4.78 is 18.1. The Labute approximate surface area is 181 Å². The maximum absolute atomic E-state index is 5.61. The van der Waals surface area contributed by atoms with Crippen LogP contribution in [0.15, 0.2) is 59.5 Å².